The van der Waals surface area contributed by atoms with Crippen molar-refractivity contribution in [2.75, 3.05) is 13.2 Å². The summed E-state index contributed by atoms with van der Waals surface area (Å²) in [6.07, 6.45) is 0. The Balaban J connectivity index is 1.64. The van der Waals surface area contributed by atoms with Crippen molar-refractivity contribution in [2.24, 2.45) is 0 Å². The number of hydroxylamine groups is 1. The van der Waals surface area contributed by atoms with E-state index in [0.717, 1.165) is 5.56 Å². The van der Waals surface area contributed by atoms with Crippen LogP contribution in [0.2, 0.25) is 5.02 Å². The van der Waals surface area contributed by atoms with Gasteiger partial charge in [0, 0.05) is 5.56 Å². The van der Waals surface area contributed by atoms with Gasteiger partial charge >= 0.3 is 0 Å². The molecular weight excluding hydrogens is 306 g/mol. The number of ether oxygens (including phenoxy) is 2. The lowest BCUT2D eigenvalue weighted by molar-refractivity contribution is 0.0233. The number of rotatable bonds is 4. The van der Waals surface area contributed by atoms with E-state index in [1.54, 1.807) is 6.07 Å². The molecule has 0 saturated heterocycles. The summed E-state index contributed by atoms with van der Waals surface area (Å²) < 4.78 is 10.8. The Morgan fingerprint density at radius 3 is 2.77 bits per heavy atom. The normalized spacial score (nSPS) is 12.8. The van der Waals surface area contributed by atoms with Crippen LogP contribution in [0.5, 0.6) is 11.5 Å². The molecule has 114 valence electrons. The first-order valence-corrected chi connectivity index (χ1v) is 7.17. The lowest BCUT2D eigenvalue weighted by Crippen LogP contribution is -2.24. The van der Waals surface area contributed by atoms with Crippen molar-refractivity contribution in [2.45, 2.75) is 6.61 Å². The van der Waals surface area contributed by atoms with Crippen LogP contribution >= 0.6 is 11.6 Å². The van der Waals surface area contributed by atoms with Gasteiger partial charge in [0.1, 0.15) is 13.2 Å². The van der Waals surface area contributed by atoms with Crippen LogP contribution in [0.25, 0.3) is 0 Å². The number of halogens is 1. The molecule has 2 aromatic rings. The van der Waals surface area contributed by atoms with Crippen molar-refractivity contribution in [3.05, 3.63) is 58.6 Å². The molecular formula is C16H14ClNO4. The van der Waals surface area contributed by atoms with E-state index < -0.39 is 5.91 Å². The number of amides is 1. The molecule has 3 rings (SSSR count). The fourth-order valence-electron chi connectivity index (χ4n) is 2.06. The van der Waals surface area contributed by atoms with Gasteiger partial charge in [-0.25, -0.2) is 5.48 Å². The van der Waals surface area contributed by atoms with E-state index in [1.807, 2.05) is 30.3 Å². The van der Waals surface area contributed by atoms with Gasteiger partial charge in [-0.1, -0.05) is 41.9 Å². The Hall–Kier alpha value is -2.24. The second-order valence-corrected chi connectivity index (χ2v) is 5.09. The highest BCUT2D eigenvalue weighted by atomic mass is 35.5. The van der Waals surface area contributed by atoms with Gasteiger partial charge in [-0.2, -0.15) is 0 Å². The summed E-state index contributed by atoms with van der Waals surface area (Å²) >= 11 is 6.10. The second kappa shape index (κ2) is 6.68. The highest BCUT2D eigenvalue weighted by molar-refractivity contribution is 6.32. The summed E-state index contributed by atoms with van der Waals surface area (Å²) in [5.41, 5.74) is 3.70. The minimum absolute atomic E-state index is 0.283. The molecule has 0 saturated carbocycles. The fourth-order valence-corrected chi connectivity index (χ4v) is 2.33. The second-order valence-electron chi connectivity index (χ2n) is 4.69. The Morgan fingerprint density at radius 1 is 1.18 bits per heavy atom. The van der Waals surface area contributed by atoms with E-state index in [9.17, 15) is 4.79 Å². The van der Waals surface area contributed by atoms with Gasteiger partial charge in [-0.15, -0.1) is 0 Å². The van der Waals surface area contributed by atoms with Crippen molar-refractivity contribution in [3.63, 3.8) is 0 Å². The molecule has 0 bridgehead atoms. The van der Waals surface area contributed by atoms with Crippen LogP contribution in [0.15, 0.2) is 42.5 Å². The van der Waals surface area contributed by atoms with Crippen LogP contribution in [0.4, 0.5) is 0 Å². The number of hydrogen-bond acceptors (Lipinski definition) is 4. The molecule has 5 nitrogen and oxygen atoms in total. The molecule has 0 radical (unpaired) electrons. The predicted octanol–water partition coefficient (Wildman–Crippen LogP) is 2.97. The lowest BCUT2D eigenvalue weighted by Gasteiger charge is -2.20. The number of nitrogens with one attached hydrogen (secondary N) is 1. The number of hydrogen-bond donors (Lipinski definition) is 1. The van der Waals surface area contributed by atoms with Crippen LogP contribution in [-0.4, -0.2) is 19.1 Å². The first-order valence-electron chi connectivity index (χ1n) is 6.79. The molecule has 1 heterocycles. The highest BCUT2D eigenvalue weighted by Gasteiger charge is 2.19. The first-order chi connectivity index (χ1) is 10.7. The van der Waals surface area contributed by atoms with Crippen LogP contribution in [0, 0.1) is 0 Å². The molecule has 1 amide bonds. The molecule has 0 aromatic heterocycles. The van der Waals surface area contributed by atoms with Crippen molar-refractivity contribution in [1.82, 2.24) is 5.48 Å². The van der Waals surface area contributed by atoms with Crippen molar-refractivity contribution in [1.29, 1.82) is 0 Å². The van der Waals surface area contributed by atoms with Crippen molar-refractivity contribution in [3.8, 4) is 11.5 Å². The number of benzene rings is 2. The monoisotopic (exact) mass is 319 g/mol. The quantitative estimate of drug-likeness (QED) is 0.880. The summed E-state index contributed by atoms with van der Waals surface area (Å²) in [7, 11) is 0. The van der Waals surface area contributed by atoms with Crippen LogP contribution in [0.3, 0.4) is 0 Å². The molecule has 22 heavy (non-hydrogen) atoms. The standard InChI is InChI=1S/C16H14ClNO4/c17-13-8-12(9-14-15(13)21-7-6-20-14)16(19)18-22-10-11-4-2-1-3-5-11/h1-5,8-9H,6-7,10H2,(H,18,19). The van der Waals surface area contributed by atoms with Crippen molar-refractivity contribution < 1.29 is 19.1 Å². The van der Waals surface area contributed by atoms with Gasteiger partial charge in [0.05, 0.1) is 11.6 Å². The largest absolute Gasteiger partial charge is 0.486 e. The maximum atomic E-state index is 12.1. The Morgan fingerprint density at radius 2 is 1.95 bits per heavy atom. The minimum atomic E-state index is -0.394. The summed E-state index contributed by atoms with van der Waals surface area (Å²) in [4.78, 5) is 17.3. The average Bonchev–Trinajstić information content (AvgIpc) is 2.56. The molecule has 0 unspecified atom stereocenters. The zero-order valence-corrected chi connectivity index (χ0v) is 12.4. The highest BCUT2D eigenvalue weighted by Crippen LogP contribution is 2.38. The van der Waals surface area contributed by atoms with Crippen molar-refractivity contribution >= 4 is 17.5 Å². The number of fused-ring (bicyclic) bond motifs is 1. The van der Waals surface area contributed by atoms with E-state index in [2.05, 4.69) is 5.48 Å². The van der Waals surface area contributed by atoms with Gasteiger partial charge in [0.2, 0.25) is 0 Å². The van der Waals surface area contributed by atoms with Crippen LogP contribution in [-0.2, 0) is 11.4 Å². The summed E-state index contributed by atoms with van der Waals surface area (Å²) in [6, 6.07) is 12.7. The van der Waals surface area contributed by atoms with E-state index in [0.29, 0.717) is 35.3 Å². The molecule has 0 fully saturated rings. The van der Waals surface area contributed by atoms with E-state index in [4.69, 9.17) is 25.9 Å². The lowest BCUT2D eigenvalue weighted by atomic mass is 10.2. The Bertz CT molecular complexity index is 675. The van der Waals surface area contributed by atoms with E-state index in [-0.39, 0.29) is 6.61 Å². The number of carbonyl (C=O) groups is 1. The smallest absolute Gasteiger partial charge is 0.275 e. The van der Waals surface area contributed by atoms with Gasteiger partial charge in [-0.05, 0) is 17.7 Å². The molecule has 2 aromatic carbocycles. The third-order valence-electron chi connectivity index (χ3n) is 3.11. The molecule has 0 spiro atoms. The molecule has 0 aliphatic carbocycles. The Labute approximate surface area is 132 Å². The third kappa shape index (κ3) is 3.32. The zero-order chi connectivity index (χ0) is 15.4. The van der Waals surface area contributed by atoms with Gasteiger partial charge in [0.25, 0.3) is 5.91 Å². The van der Waals surface area contributed by atoms with Crippen LogP contribution < -0.4 is 15.0 Å². The SMILES string of the molecule is O=C(NOCc1ccccc1)c1cc(Cl)c2c(c1)OCCO2. The first kappa shape index (κ1) is 14.7. The number of carbonyl (C=O) groups excluding carboxylic acids is 1. The van der Waals surface area contributed by atoms with E-state index >= 15 is 0 Å². The zero-order valence-electron chi connectivity index (χ0n) is 11.7. The molecule has 0 atom stereocenters. The molecule has 1 aliphatic heterocycles. The van der Waals surface area contributed by atoms with Gasteiger partial charge in [0.15, 0.2) is 11.5 Å². The summed E-state index contributed by atoms with van der Waals surface area (Å²) in [5.74, 6) is 0.538. The fraction of sp³-hybridized carbons (Fsp3) is 0.188. The molecule has 6 heteroatoms. The maximum Gasteiger partial charge on any atom is 0.275 e. The van der Waals surface area contributed by atoms with Crippen LogP contribution in [0.1, 0.15) is 15.9 Å². The molecule has 1 aliphatic rings. The molecule has 1 N–H and O–H groups in total. The minimum Gasteiger partial charge on any atom is -0.486 e. The maximum absolute atomic E-state index is 12.1. The summed E-state index contributed by atoms with van der Waals surface area (Å²) in [5, 5.41) is 0.338. The Kier molecular flexibility index (Phi) is 4.46. The van der Waals surface area contributed by atoms with Gasteiger partial charge in [-0.3, -0.25) is 9.63 Å². The third-order valence-corrected chi connectivity index (χ3v) is 3.39. The summed E-state index contributed by atoms with van der Waals surface area (Å²) in [6.45, 7) is 1.15. The average molecular weight is 320 g/mol. The van der Waals surface area contributed by atoms with Gasteiger partial charge < -0.3 is 9.47 Å². The van der Waals surface area contributed by atoms with E-state index in [1.165, 1.54) is 6.07 Å². The predicted molar refractivity (Wildman–Crippen MR) is 81.1 cm³/mol. The topological polar surface area (TPSA) is 56.8 Å².